The van der Waals surface area contributed by atoms with Gasteiger partial charge in [0, 0.05) is 59.0 Å². The molecule has 9 aromatic rings. The van der Waals surface area contributed by atoms with Gasteiger partial charge in [-0.15, -0.1) is 0 Å². The van der Waals surface area contributed by atoms with Gasteiger partial charge >= 0.3 is 43.0 Å². The predicted molar refractivity (Wildman–Crippen MR) is 304 cm³/mol. The first-order chi connectivity index (χ1) is 42.7. The molecule has 0 radical (unpaired) electrons. The predicted octanol–water partition coefficient (Wildman–Crippen LogP) is 20.2. The van der Waals surface area contributed by atoms with Gasteiger partial charge in [-0.1, -0.05) is 61.5 Å². The molecule has 0 spiro atoms. The van der Waals surface area contributed by atoms with E-state index in [1.807, 2.05) is 67.5 Å². The zero-order chi connectivity index (χ0) is 68.2. The number of H-pyrrole nitrogens is 4. The number of carboxylic acid groups (broad SMARTS) is 1. The number of hydrogen-bond acceptors (Lipinski definition) is 2. The van der Waals surface area contributed by atoms with E-state index in [1.54, 1.807) is 6.07 Å². The molecule has 5 aromatic carbocycles. The van der Waals surface area contributed by atoms with Gasteiger partial charge in [0.25, 0.3) is 0 Å². The highest BCUT2D eigenvalue weighted by Gasteiger charge is 2.49. The largest absolute Gasteiger partial charge is 0.478 e. The van der Waals surface area contributed by atoms with E-state index in [4.69, 9.17) is 4.74 Å². The molecule has 2 aliphatic heterocycles. The summed E-state index contributed by atoms with van der Waals surface area (Å²) >= 11 is 0. The monoisotopic (exact) mass is 1310 g/mol. The Morgan fingerprint density at radius 2 is 0.602 bits per heavy atom. The molecule has 0 aliphatic carbocycles. The van der Waals surface area contributed by atoms with Crippen LogP contribution in [0.25, 0.3) is 0 Å². The zero-order valence-electron chi connectivity index (χ0n) is 49.7. The minimum Gasteiger partial charge on any atom is -0.478 e. The van der Waals surface area contributed by atoms with Gasteiger partial charge in [0.2, 0.25) is 5.75 Å². The van der Waals surface area contributed by atoms with Gasteiger partial charge in [-0.2, -0.15) is 79.0 Å². The molecule has 8 bridgehead atoms. The molecular formula is C68H50F18N4O3+4. The summed E-state index contributed by atoms with van der Waals surface area (Å²) in [6, 6.07) is 17.6. The number of benzene rings is 5. The van der Waals surface area contributed by atoms with Crippen LogP contribution < -0.4 is 4.74 Å². The van der Waals surface area contributed by atoms with Crippen molar-refractivity contribution in [1.29, 1.82) is 0 Å². The van der Waals surface area contributed by atoms with Crippen molar-refractivity contribution < 1.29 is 93.7 Å². The van der Waals surface area contributed by atoms with Crippen LogP contribution in [-0.4, -0.2) is 31.0 Å². The Morgan fingerprint density at radius 1 is 0.355 bits per heavy atom. The quantitative estimate of drug-likeness (QED) is 0.0875. The molecule has 0 saturated carbocycles. The Morgan fingerprint density at radius 3 is 0.849 bits per heavy atom. The van der Waals surface area contributed by atoms with Crippen LogP contribution in [0.4, 0.5) is 79.0 Å². The van der Waals surface area contributed by atoms with Gasteiger partial charge in [0.1, 0.15) is 80.3 Å². The number of rotatable bonds is 5. The number of carboxylic acids is 1. The van der Waals surface area contributed by atoms with Crippen molar-refractivity contribution in [3.05, 3.63) is 280 Å². The number of hydrogen-bond donors (Lipinski definition) is 5. The lowest BCUT2D eigenvalue weighted by Gasteiger charge is -2.37. The van der Waals surface area contributed by atoms with E-state index in [9.17, 15) is 88.9 Å². The number of aromatic amines is 4. The molecular weight excluding hydrogens is 1260 g/mol. The number of aromatic nitrogens is 4. The number of aromatic carboxylic acids is 1. The van der Waals surface area contributed by atoms with Crippen LogP contribution in [0.3, 0.4) is 0 Å². The summed E-state index contributed by atoms with van der Waals surface area (Å²) in [7, 11) is 0. The van der Waals surface area contributed by atoms with Gasteiger partial charge < -0.3 is 29.8 Å². The molecule has 0 unspecified atom stereocenters. The highest BCUT2D eigenvalue weighted by Crippen LogP contribution is 2.56. The molecule has 2 aliphatic rings. The van der Waals surface area contributed by atoms with Crippen LogP contribution in [0, 0.1) is 23.7 Å². The fourth-order valence-corrected chi connectivity index (χ4v) is 11.7. The van der Waals surface area contributed by atoms with Gasteiger partial charge in [-0.3, -0.25) is 0 Å². The molecule has 5 N–H and O–H groups in total. The number of alkyl halides is 18. The molecule has 11 rings (SSSR count). The summed E-state index contributed by atoms with van der Waals surface area (Å²) < 4.78 is 274. The summed E-state index contributed by atoms with van der Waals surface area (Å²) in [5.41, 5.74) is -16.7. The van der Waals surface area contributed by atoms with Crippen molar-refractivity contribution in [3.8, 4) is 11.5 Å². The molecule has 4 aromatic heterocycles. The molecule has 0 atom stereocenters. The van der Waals surface area contributed by atoms with Crippen LogP contribution in [-0.2, 0) is 53.3 Å². The molecule has 0 amide bonds. The topological polar surface area (TPSA) is 110 Å². The Bertz CT molecular complexity index is 4150. The second kappa shape index (κ2) is 21.4. The first-order valence-corrected chi connectivity index (χ1v) is 28.1. The SMILES string of the molecule is CC(C)(C)c1cc(C(=O)O)c2c(c1)C(C)(C)c1cc(C(C)(C)C)cc([C+]3c4ccc([nH]4)[C+](c4cc(C(F)(F)F)cc(C(F)(F)F)c4)c4ccc([nH]4)[C+](c4cc(C(F)(F)F)cc(C(F)(F)F)c4)c4ccc([nH]4)[C+](c4cc(C(F)(F)F)cc(C(F)(F)F)c4)c4ccc3[nH]4)c1O2. The van der Waals surface area contributed by atoms with E-state index in [0.717, 1.165) is 24.3 Å². The van der Waals surface area contributed by atoms with Crippen molar-refractivity contribution in [2.24, 2.45) is 0 Å². The van der Waals surface area contributed by atoms with Gasteiger partial charge in [-0.25, -0.2) is 4.79 Å². The standard InChI is InChI=1S/C68H49F18N4O3/c1-60(2,3)33-26-41(57-43(28-33)62(7,8)44-29-34(61(4,5)6)27-42(59(91)92)58(44)93-57)56-51-15-13-49(89-51)54(31-19-37(65(75,76)77)24-38(20-31)66(78,79)80)47-11-9-45(87-47)53(30-17-35(63(69,70)71)23-36(18-30)64(72,73)74)46-10-12-48(88-46)55(50-14-16-52(56)90-50)32-21-39(67(81,82)83)25-40(22-32)68(84,85)86/h9-29,87-90H,1-8H3/q+3/p+1. The molecule has 6 heterocycles. The zero-order valence-corrected chi connectivity index (χ0v) is 49.7. The Labute approximate surface area is 518 Å². The van der Waals surface area contributed by atoms with E-state index < -0.39 is 150 Å². The maximum Gasteiger partial charge on any atom is 0.423 e. The highest BCUT2D eigenvalue weighted by atomic mass is 19.4. The van der Waals surface area contributed by atoms with E-state index in [-0.39, 0.29) is 81.7 Å². The van der Waals surface area contributed by atoms with E-state index in [0.29, 0.717) is 46.5 Å². The van der Waals surface area contributed by atoms with Crippen molar-refractivity contribution in [1.82, 2.24) is 19.9 Å². The van der Waals surface area contributed by atoms with Gasteiger partial charge in [0.05, 0.1) is 98.6 Å². The molecule has 93 heavy (non-hydrogen) atoms. The maximum atomic E-state index is 14.9. The lowest BCUT2D eigenvalue weighted by atomic mass is 9.69. The number of carbonyl (C=O) groups is 1. The fourth-order valence-electron chi connectivity index (χ4n) is 11.7. The number of nitrogens with one attached hydrogen (secondary N) is 4. The minimum absolute atomic E-state index is 0.00799. The van der Waals surface area contributed by atoms with Crippen molar-refractivity contribution >= 4 is 5.97 Å². The third-order valence-electron chi connectivity index (χ3n) is 16.5. The van der Waals surface area contributed by atoms with Gasteiger partial charge in [0.15, 0.2) is 5.75 Å². The first-order valence-electron chi connectivity index (χ1n) is 28.1. The lowest BCUT2D eigenvalue weighted by molar-refractivity contribution is -0.144. The van der Waals surface area contributed by atoms with E-state index in [1.165, 1.54) is 30.3 Å². The normalized spacial score (nSPS) is 14.9. The van der Waals surface area contributed by atoms with E-state index >= 15 is 0 Å². The Hall–Kier alpha value is -9.29. The van der Waals surface area contributed by atoms with Crippen molar-refractivity contribution in [2.75, 3.05) is 0 Å². The summed E-state index contributed by atoms with van der Waals surface area (Å²) in [4.78, 5) is 25.2. The second-order valence-electron chi connectivity index (χ2n) is 25.4. The molecule has 482 valence electrons. The highest BCUT2D eigenvalue weighted by molar-refractivity contribution is 5.93. The summed E-state index contributed by atoms with van der Waals surface area (Å²) in [5.74, 6) is -3.17. The number of ether oxygens (including phenoxy) is 1. The van der Waals surface area contributed by atoms with Crippen LogP contribution >= 0.6 is 0 Å². The summed E-state index contributed by atoms with van der Waals surface area (Å²) in [5, 5.41) is 10.9. The first kappa shape index (κ1) is 65.2. The fraction of sp³-hybridized carbons (Fsp3) is 0.250. The van der Waals surface area contributed by atoms with E-state index in [2.05, 4.69) is 19.9 Å². The smallest absolute Gasteiger partial charge is 0.423 e. The average molecular weight is 1310 g/mol. The molecule has 7 nitrogen and oxygen atoms in total. The summed E-state index contributed by atoms with van der Waals surface area (Å²) in [6.45, 7) is 14.8. The Balaban J connectivity index is 1.27. The minimum atomic E-state index is -5.50. The summed E-state index contributed by atoms with van der Waals surface area (Å²) in [6.07, 6.45) is -32.8. The maximum absolute atomic E-state index is 14.9. The lowest BCUT2D eigenvalue weighted by Crippen LogP contribution is -2.29. The van der Waals surface area contributed by atoms with Crippen LogP contribution in [0.5, 0.6) is 11.5 Å². The van der Waals surface area contributed by atoms with Gasteiger partial charge in [-0.05, 0) is 52.3 Å². The number of fused-ring (bicyclic) bond motifs is 10. The average Bonchev–Trinajstić information content (AvgIpc) is 1.16. The molecule has 0 fully saturated rings. The third-order valence-corrected chi connectivity index (χ3v) is 16.5. The van der Waals surface area contributed by atoms with Crippen LogP contribution in [0.15, 0.2) is 127 Å². The molecule has 0 saturated heterocycles. The second-order valence-corrected chi connectivity index (χ2v) is 25.4. The van der Waals surface area contributed by atoms with Crippen LogP contribution in [0.2, 0.25) is 0 Å². The van der Waals surface area contributed by atoms with Crippen molar-refractivity contribution in [3.63, 3.8) is 0 Å². The van der Waals surface area contributed by atoms with Crippen LogP contribution in [0.1, 0.15) is 189 Å². The Kier molecular flexibility index (Phi) is 15.0. The van der Waals surface area contributed by atoms with Crippen molar-refractivity contribution in [2.45, 2.75) is 109 Å². The number of halogens is 18. The third kappa shape index (κ3) is 12.1. The molecule has 25 heteroatoms.